The first kappa shape index (κ1) is 14.5. The van der Waals surface area contributed by atoms with Gasteiger partial charge in [-0.15, -0.1) is 0 Å². The molecule has 0 aromatic heterocycles. The molecule has 7 nitrogen and oxygen atoms in total. The molecule has 0 spiro atoms. The van der Waals surface area contributed by atoms with Gasteiger partial charge in [0, 0.05) is 11.1 Å². The van der Waals surface area contributed by atoms with Gasteiger partial charge in [-0.25, -0.2) is 0 Å². The number of aromatic hydroxyl groups is 1. The Morgan fingerprint density at radius 1 is 1.16 bits per heavy atom. The highest BCUT2D eigenvalue weighted by molar-refractivity contribution is 5.99. The number of hydrogen-bond donors (Lipinski definition) is 3. The lowest BCUT2D eigenvalue weighted by Gasteiger charge is -2.20. The van der Waals surface area contributed by atoms with E-state index in [0.717, 1.165) is 4.90 Å². The molecular formula is C12H15N3O4. The number of primary amides is 2. The molecule has 0 aliphatic heterocycles. The lowest BCUT2D eigenvalue weighted by atomic mass is 10.1. The molecule has 0 fully saturated rings. The van der Waals surface area contributed by atoms with Crippen molar-refractivity contribution < 1.29 is 19.5 Å². The summed E-state index contributed by atoms with van der Waals surface area (Å²) in [5, 5.41) is 9.54. The van der Waals surface area contributed by atoms with Crippen LogP contribution in [-0.2, 0) is 9.59 Å². The number of phenols is 1. The van der Waals surface area contributed by atoms with Crippen molar-refractivity contribution in [2.45, 2.75) is 6.92 Å². The van der Waals surface area contributed by atoms with Gasteiger partial charge in [-0.2, -0.15) is 0 Å². The number of amides is 3. The molecule has 0 aliphatic carbocycles. The van der Waals surface area contributed by atoms with E-state index in [0.29, 0.717) is 5.56 Å². The van der Waals surface area contributed by atoms with Gasteiger partial charge >= 0.3 is 0 Å². The van der Waals surface area contributed by atoms with Crippen LogP contribution in [0.3, 0.4) is 0 Å². The Kier molecular flexibility index (Phi) is 4.46. The van der Waals surface area contributed by atoms with Crippen LogP contribution in [-0.4, -0.2) is 40.8 Å². The topological polar surface area (TPSA) is 127 Å². The molecule has 0 saturated carbocycles. The number of nitrogens with two attached hydrogens (primary N) is 2. The molecule has 0 bridgehead atoms. The van der Waals surface area contributed by atoms with Gasteiger partial charge in [-0.3, -0.25) is 14.4 Å². The van der Waals surface area contributed by atoms with Gasteiger partial charge in [0.15, 0.2) is 0 Å². The number of carbonyl (C=O) groups is 3. The van der Waals surface area contributed by atoms with Crippen molar-refractivity contribution in [1.82, 2.24) is 4.90 Å². The minimum atomic E-state index is -0.757. The lowest BCUT2D eigenvalue weighted by molar-refractivity contribution is -0.121. The average molecular weight is 265 g/mol. The van der Waals surface area contributed by atoms with E-state index in [-0.39, 0.29) is 11.3 Å². The lowest BCUT2D eigenvalue weighted by Crippen LogP contribution is -2.43. The zero-order valence-electron chi connectivity index (χ0n) is 10.4. The zero-order valence-corrected chi connectivity index (χ0v) is 10.4. The van der Waals surface area contributed by atoms with E-state index in [1.165, 1.54) is 18.2 Å². The Morgan fingerprint density at radius 3 is 2.16 bits per heavy atom. The van der Waals surface area contributed by atoms with E-state index < -0.39 is 30.8 Å². The summed E-state index contributed by atoms with van der Waals surface area (Å²) in [5.74, 6) is -2.16. The van der Waals surface area contributed by atoms with E-state index in [9.17, 15) is 19.5 Å². The van der Waals surface area contributed by atoms with E-state index in [1.807, 2.05) is 0 Å². The molecule has 5 N–H and O–H groups in total. The maximum absolute atomic E-state index is 12.2. The molecule has 7 heteroatoms. The van der Waals surface area contributed by atoms with Crippen molar-refractivity contribution in [3.63, 3.8) is 0 Å². The molecule has 3 amide bonds. The quantitative estimate of drug-likeness (QED) is 0.638. The van der Waals surface area contributed by atoms with Crippen LogP contribution < -0.4 is 11.5 Å². The van der Waals surface area contributed by atoms with Crippen LogP contribution in [0.4, 0.5) is 0 Å². The third-order valence-corrected chi connectivity index (χ3v) is 2.52. The molecule has 0 heterocycles. The Morgan fingerprint density at radius 2 is 1.68 bits per heavy atom. The summed E-state index contributed by atoms with van der Waals surface area (Å²) in [4.78, 5) is 34.9. The second-order valence-electron chi connectivity index (χ2n) is 4.04. The minimum absolute atomic E-state index is 0.0519. The molecule has 102 valence electrons. The Hall–Kier alpha value is -2.57. The van der Waals surface area contributed by atoms with Crippen LogP contribution in [0, 0.1) is 6.92 Å². The second-order valence-corrected chi connectivity index (χ2v) is 4.04. The summed E-state index contributed by atoms with van der Waals surface area (Å²) in [6.07, 6.45) is 0. The molecule has 1 rings (SSSR count). The molecule has 0 atom stereocenters. The Bertz CT molecular complexity index is 512. The molecule has 1 aromatic rings. The second kappa shape index (κ2) is 5.85. The molecule has 0 radical (unpaired) electrons. The van der Waals surface area contributed by atoms with Gasteiger partial charge in [0.25, 0.3) is 5.91 Å². The maximum Gasteiger partial charge on any atom is 0.255 e. The largest absolute Gasteiger partial charge is 0.508 e. The first-order chi connectivity index (χ1) is 8.82. The third kappa shape index (κ3) is 3.70. The predicted molar refractivity (Wildman–Crippen MR) is 67.1 cm³/mol. The van der Waals surface area contributed by atoms with E-state index in [4.69, 9.17) is 11.5 Å². The smallest absolute Gasteiger partial charge is 0.255 e. The first-order valence-electron chi connectivity index (χ1n) is 5.47. The van der Waals surface area contributed by atoms with Gasteiger partial charge in [0.1, 0.15) is 18.8 Å². The fourth-order valence-electron chi connectivity index (χ4n) is 1.60. The standard InChI is InChI=1S/C12H15N3O4/c1-7-8(3-2-4-9(7)16)12(19)15(5-10(13)17)6-11(14)18/h2-4,16H,5-6H2,1H3,(H2,13,17)(H2,14,18). The summed E-state index contributed by atoms with van der Waals surface area (Å²) in [6, 6.07) is 4.40. The molecule has 1 aromatic carbocycles. The van der Waals surface area contributed by atoms with Gasteiger partial charge in [-0.05, 0) is 19.1 Å². The number of nitrogens with zero attached hydrogens (tertiary/aromatic N) is 1. The van der Waals surface area contributed by atoms with Crippen molar-refractivity contribution in [2.75, 3.05) is 13.1 Å². The third-order valence-electron chi connectivity index (χ3n) is 2.52. The van der Waals surface area contributed by atoms with Crippen LogP contribution >= 0.6 is 0 Å². The van der Waals surface area contributed by atoms with Crippen molar-refractivity contribution in [3.8, 4) is 5.75 Å². The molecule has 0 unspecified atom stereocenters. The van der Waals surface area contributed by atoms with Crippen molar-refractivity contribution in [3.05, 3.63) is 29.3 Å². The zero-order chi connectivity index (χ0) is 14.6. The van der Waals surface area contributed by atoms with Gasteiger partial charge in [0.2, 0.25) is 11.8 Å². The summed E-state index contributed by atoms with van der Waals surface area (Å²) in [5.41, 5.74) is 10.6. The highest BCUT2D eigenvalue weighted by atomic mass is 16.3. The van der Waals surface area contributed by atoms with Crippen molar-refractivity contribution in [1.29, 1.82) is 0 Å². The summed E-state index contributed by atoms with van der Waals surface area (Å²) in [7, 11) is 0. The highest BCUT2D eigenvalue weighted by Crippen LogP contribution is 2.20. The number of benzene rings is 1. The molecule has 19 heavy (non-hydrogen) atoms. The number of rotatable bonds is 5. The predicted octanol–water partition coefficient (Wildman–Crippen LogP) is -0.887. The van der Waals surface area contributed by atoms with E-state index >= 15 is 0 Å². The fourth-order valence-corrected chi connectivity index (χ4v) is 1.60. The monoisotopic (exact) mass is 265 g/mol. The summed E-state index contributed by atoms with van der Waals surface area (Å²) in [6.45, 7) is 0.711. The van der Waals surface area contributed by atoms with Crippen molar-refractivity contribution in [2.24, 2.45) is 11.5 Å². The number of hydrogen-bond acceptors (Lipinski definition) is 4. The average Bonchev–Trinajstić information content (AvgIpc) is 2.30. The Balaban J connectivity index is 3.07. The number of carbonyl (C=O) groups excluding carboxylic acids is 3. The molecular weight excluding hydrogens is 250 g/mol. The SMILES string of the molecule is Cc1c(O)cccc1C(=O)N(CC(N)=O)CC(N)=O. The van der Waals surface area contributed by atoms with Crippen LogP contribution in [0.25, 0.3) is 0 Å². The summed E-state index contributed by atoms with van der Waals surface area (Å²) >= 11 is 0. The van der Waals surface area contributed by atoms with Crippen LogP contribution in [0.2, 0.25) is 0 Å². The van der Waals surface area contributed by atoms with Gasteiger partial charge in [0.05, 0.1) is 0 Å². The van der Waals surface area contributed by atoms with Gasteiger partial charge < -0.3 is 21.5 Å². The van der Waals surface area contributed by atoms with E-state index in [1.54, 1.807) is 6.92 Å². The fraction of sp³-hybridized carbons (Fsp3) is 0.250. The van der Waals surface area contributed by atoms with E-state index in [2.05, 4.69) is 0 Å². The maximum atomic E-state index is 12.2. The summed E-state index contributed by atoms with van der Waals surface area (Å²) < 4.78 is 0. The Labute approximate surface area is 109 Å². The molecule has 0 aliphatic rings. The normalized spacial score (nSPS) is 9.95. The highest BCUT2D eigenvalue weighted by Gasteiger charge is 2.21. The minimum Gasteiger partial charge on any atom is -0.508 e. The van der Waals surface area contributed by atoms with Crippen LogP contribution in [0.15, 0.2) is 18.2 Å². The number of phenolic OH excluding ortho intramolecular Hbond substituents is 1. The molecule has 0 saturated heterocycles. The van der Waals surface area contributed by atoms with Gasteiger partial charge in [-0.1, -0.05) is 6.07 Å². The van der Waals surface area contributed by atoms with Crippen molar-refractivity contribution >= 4 is 17.7 Å². The first-order valence-corrected chi connectivity index (χ1v) is 5.47. The van der Waals surface area contributed by atoms with Crippen LogP contribution in [0.5, 0.6) is 5.75 Å². The van der Waals surface area contributed by atoms with Crippen LogP contribution in [0.1, 0.15) is 15.9 Å².